The van der Waals surface area contributed by atoms with Gasteiger partial charge in [0.2, 0.25) is 11.9 Å². The molecule has 156 valence electrons. The van der Waals surface area contributed by atoms with Crippen LogP contribution in [0.4, 0.5) is 42.6 Å². The number of halogens is 7. The summed E-state index contributed by atoms with van der Waals surface area (Å²) in [4.78, 5) is 22.4. The predicted octanol–water partition coefficient (Wildman–Crippen LogP) is 4.03. The lowest BCUT2D eigenvalue weighted by atomic mass is 9.97. The Kier molecular flexibility index (Phi) is 6.14. The SMILES string of the molecule is C[C@@H](Nc1nc(N[C@H](C)C(F)(F)F)nc(C2=C(F)C(=O)CCC2)n1)C(F)(F)F. The minimum absolute atomic E-state index is 0.00408. The van der Waals surface area contributed by atoms with E-state index in [-0.39, 0.29) is 24.8 Å². The number of Topliss-reactive ketones (excluding diaryl/α,β-unsaturated/α-hetero) is 1. The maximum absolute atomic E-state index is 14.1. The summed E-state index contributed by atoms with van der Waals surface area (Å²) >= 11 is 0. The van der Waals surface area contributed by atoms with Gasteiger partial charge in [0.15, 0.2) is 17.4 Å². The van der Waals surface area contributed by atoms with Crippen LogP contribution in [0.15, 0.2) is 5.83 Å². The average molecular weight is 415 g/mol. The first-order valence-electron chi connectivity index (χ1n) is 8.14. The number of anilines is 2. The maximum Gasteiger partial charge on any atom is 0.408 e. The van der Waals surface area contributed by atoms with Crippen LogP contribution in [0.2, 0.25) is 0 Å². The summed E-state index contributed by atoms with van der Waals surface area (Å²) in [5, 5.41) is 3.80. The molecule has 1 aromatic rings. The summed E-state index contributed by atoms with van der Waals surface area (Å²) in [6, 6.07) is -4.27. The number of nitrogens with one attached hydrogen (secondary N) is 2. The van der Waals surface area contributed by atoms with Gasteiger partial charge in [-0.15, -0.1) is 0 Å². The van der Waals surface area contributed by atoms with E-state index in [4.69, 9.17) is 0 Å². The van der Waals surface area contributed by atoms with Crippen LogP contribution < -0.4 is 10.6 Å². The number of hydrogen-bond donors (Lipinski definition) is 2. The van der Waals surface area contributed by atoms with E-state index in [0.29, 0.717) is 0 Å². The van der Waals surface area contributed by atoms with Crippen molar-refractivity contribution in [3.63, 3.8) is 0 Å². The van der Waals surface area contributed by atoms with Crippen molar-refractivity contribution in [2.45, 2.75) is 57.5 Å². The van der Waals surface area contributed by atoms with Crippen LogP contribution in [0.3, 0.4) is 0 Å². The first kappa shape index (κ1) is 21.8. The summed E-state index contributed by atoms with van der Waals surface area (Å²) in [6.45, 7) is 1.50. The van der Waals surface area contributed by atoms with Crippen LogP contribution in [0.1, 0.15) is 38.9 Å². The van der Waals surface area contributed by atoms with Crippen molar-refractivity contribution < 1.29 is 35.5 Å². The Bertz CT molecular complexity index is 735. The van der Waals surface area contributed by atoms with E-state index in [9.17, 15) is 35.5 Å². The molecule has 0 aliphatic heterocycles. The lowest BCUT2D eigenvalue weighted by Crippen LogP contribution is -2.35. The van der Waals surface area contributed by atoms with Gasteiger partial charge < -0.3 is 10.6 Å². The summed E-state index contributed by atoms with van der Waals surface area (Å²) in [6.07, 6.45) is -9.19. The van der Waals surface area contributed by atoms with Gasteiger partial charge in [0, 0.05) is 12.0 Å². The molecule has 0 fully saturated rings. The summed E-state index contributed by atoms with van der Waals surface area (Å²) in [7, 11) is 0. The molecule has 1 heterocycles. The van der Waals surface area contributed by atoms with Crippen LogP contribution in [0.5, 0.6) is 0 Å². The smallest absolute Gasteiger partial charge is 0.343 e. The van der Waals surface area contributed by atoms with Gasteiger partial charge in [0.25, 0.3) is 0 Å². The quantitative estimate of drug-likeness (QED) is 0.707. The number of aromatic nitrogens is 3. The highest BCUT2D eigenvalue weighted by atomic mass is 19.4. The highest BCUT2D eigenvalue weighted by Gasteiger charge is 2.38. The molecule has 0 unspecified atom stereocenters. The first-order chi connectivity index (χ1) is 12.8. The Hall–Kier alpha value is -2.47. The molecule has 1 aromatic heterocycles. The molecule has 1 aliphatic rings. The highest BCUT2D eigenvalue weighted by Crippen LogP contribution is 2.31. The van der Waals surface area contributed by atoms with Crippen molar-refractivity contribution in [1.82, 2.24) is 15.0 Å². The first-order valence-corrected chi connectivity index (χ1v) is 8.14. The molecule has 0 spiro atoms. The lowest BCUT2D eigenvalue weighted by molar-refractivity contribution is -0.139. The fourth-order valence-corrected chi connectivity index (χ4v) is 2.21. The second kappa shape index (κ2) is 7.87. The Labute approximate surface area is 154 Å². The average Bonchev–Trinajstić information content (AvgIpc) is 2.55. The second-order valence-electron chi connectivity index (χ2n) is 6.19. The van der Waals surface area contributed by atoms with Crippen LogP contribution in [0, 0.1) is 0 Å². The van der Waals surface area contributed by atoms with Crippen molar-refractivity contribution in [1.29, 1.82) is 0 Å². The molecule has 0 aromatic carbocycles. The molecule has 1 aliphatic carbocycles. The standard InChI is InChI=1S/C15H16F7N5O/c1-6(14(17,18)19)23-12-25-11(8-4-3-5-9(28)10(8)16)26-13(27-12)24-7(2)15(20,21)22/h6-7H,3-5H2,1-2H3,(H2,23,24,25,26,27)/t6-,7-/m1/s1. The Morgan fingerprint density at radius 1 is 0.857 bits per heavy atom. The van der Waals surface area contributed by atoms with Crippen molar-refractivity contribution in [3.05, 3.63) is 11.7 Å². The zero-order valence-electron chi connectivity index (χ0n) is 14.7. The Morgan fingerprint density at radius 2 is 1.32 bits per heavy atom. The van der Waals surface area contributed by atoms with Crippen LogP contribution in [-0.4, -0.2) is 45.2 Å². The molecule has 2 atom stereocenters. The summed E-state index contributed by atoms with van der Waals surface area (Å²) in [5.74, 6) is -3.91. The number of ketones is 1. The van der Waals surface area contributed by atoms with E-state index in [2.05, 4.69) is 15.0 Å². The van der Waals surface area contributed by atoms with Gasteiger partial charge in [0.1, 0.15) is 12.1 Å². The third-order valence-corrected chi connectivity index (χ3v) is 3.92. The van der Waals surface area contributed by atoms with E-state index in [1.54, 1.807) is 0 Å². The van der Waals surface area contributed by atoms with Gasteiger partial charge in [0.05, 0.1) is 0 Å². The third-order valence-electron chi connectivity index (χ3n) is 3.92. The number of rotatable bonds is 5. The number of allylic oxidation sites excluding steroid dienone is 2. The van der Waals surface area contributed by atoms with Crippen molar-refractivity contribution in [2.75, 3.05) is 10.6 Å². The molecular weight excluding hydrogens is 399 g/mol. The molecular formula is C15H16F7N5O. The van der Waals surface area contributed by atoms with Crippen LogP contribution >= 0.6 is 0 Å². The molecule has 2 rings (SSSR count). The zero-order chi connectivity index (χ0) is 21.3. The largest absolute Gasteiger partial charge is 0.408 e. The molecule has 0 saturated heterocycles. The van der Waals surface area contributed by atoms with E-state index >= 15 is 0 Å². The van der Waals surface area contributed by atoms with Gasteiger partial charge in [-0.25, -0.2) is 4.39 Å². The van der Waals surface area contributed by atoms with Crippen molar-refractivity contribution in [2.24, 2.45) is 0 Å². The Balaban J connectivity index is 2.46. The van der Waals surface area contributed by atoms with Gasteiger partial charge >= 0.3 is 12.4 Å². The minimum atomic E-state index is -4.69. The number of alkyl halides is 6. The zero-order valence-corrected chi connectivity index (χ0v) is 14.7. The van der Waals surface area contributed by atoms with Gasteiger partial charge in [-0.2, -0.15) is 41.3 Å². The van der Waals surface area contributed by atoms with Gasteiger partial charge in [-0.3, -0.25) is 4.79 Å². The fraction of sp³-hybridized carbons (Fsp3) is 0.600. The topological polar surface area (TPSA) is 79.8 Å². The predicted molar refractivity (Wildman–Crippen MR) is 85.0 cm³/mol. The number of nitrogens with zero attached hydrogens (tertiary/aromatic N) is 3. The van der Waals surface area contributed by atoms with Gasteiger partial charge in [-0.1, -0.05) is 0 Å². The van der Waals surface area contributed by atoms with E-state index in [1.165, 1.54) is 0 Å². The van der Waals surface area contributed by atoms with Crippen LogP contribution in [0.25, 0.3) is 5.57 Å². The van der Waals surface area contributed by atoms with Gasteiger partial charge in [-0.05, 0) is 26.7 Å². The summed E-state index contributed by atoms with van der Waals surface area (Å²) in [5.41, 5.74) is -0.288. The van der Waals surface area contributed by atoms with Crippen molar-refractivity contribution in [3.8, 4) is 0 Å². The molecule has 2 N–H and O–H groups in total. The fourth-order valence-electron chi connectivity index (χ4n) is 2.21. The summed E-state index contributed by atoms with van der Waals surface area (Å²) < 4.78 is 90.7. The van der Waals surface area contributed by atoms with E-state index < -0.39 is 53.8 Å². The normalized spacial score (nSPS) is 18.1. The maximum atomic E-state index is 14.1. The molecule has 0 amide bonds. The molecule has 0 saturated carbocycles. The molecule has 28 heavy (non-hydrogen) atoms. The number of carbonyl (C=O) groups excluding carboxylic acids is 1. The monoisotopic (exact) mass is 415 g/mol. The van der Waals surface area contributed by atoms with E-state index in [1.807, 2.05) is 10.6 Å². The molecule has 6 nitrogen and oxygen atoms in total. The molecule has 13 heteroatoms. The number of carbonyl (C=O) groups is 1. The molecule has 0 bridgehead atoms. The lowest BCUT2D eigenvalue weighted by Gasteiger charge is -2.21. The Morgan fingerprint density at radius 3 is 1.75 bits per heavy atom. The third kappa shape index (κ3) is 5.29. The van der Waals surface area contributed by atoms with Crippen molar-refractivity contribution >= 4 is 23.3 Å². The molecule has 0 radical (unpaired) electrons. The van der Waals surface area contributed by atoms with E-state index in [0.717, 1.165) is 13.8 Å². The second-order valence-corrected chi connectivity index (χ2v) is 6.19. The van der Waals surface area contributed by atoms with Crippen LogP contribution in [-0.2, 0) is 4.79 Å². The minimum Gasteiger partial charge on any atom is -0.343 e. The number of hydrogen-bond acceptors (Lipinski definition) is 6. The highest BCUT2D eigenvalue weighted by molar-refractivity contribution is 6.01.